The van der Waals surface area contributed by atoms with Crippen molar-refractivity contribution in [1.82, 2.24) is 26.6 Å². The molecule has 0 spiro atoms. The standard InChI is InChI=1S/C34H56N6O7/c1-8-22(6)29(38-26(41)18-17-24-14-10-9-11-15-24)33(45)37-25(16-12-13-19-35)31(43)39-27(20(2)3)32(44)36-23(7)30(42)40-28(21(4)5)34(46)47/h9-11,14-15,20-23,25,27-29H,8,12-13,16-19,35H2,1-7H3,(H,36,44)(H,37,45)(H,38,41)(H,39,43)(H,40,42)(H,46,47)/t22-,23+,25+,27+,28+,29?/m1/s1. The molecule has 264 valence electrons. The number of rotatable bonds is 21. The predicted molar refractivity (Wildman–Crippen MR) is 180 cm³/mol. The third-order valence-corrected chi connectivity index (χ3v) is 8.10. The Morgan fingerprint density at radius 1 is 0.702 bits per heavy atom. The first-order valence-corrected chi connectivity index (χ1v) is 16.6. The Hall–Kier alpha value is -4.00. The Morgan fingerprint density at radius 2 is 1.28 bits per heavy atom. The molecule has 13 nitrogen and oxygen atoms in total. The zero-order valence-corrected chi connectivity index (χ0v) is 28.9. The molecular formula is C34H56N6O7. The normalized spacial score (nSPS) is 15.0. The molecule has 6 atom stereocenters. The molecule has 0 saturated heterocycles. The van der Waals surface area contributed by atoms with Crippen molar-refractivity contribution in [3.05, 3.63) is 35.9 Å². The van der Waals surface area contributed by atoms with Crippen LogP contribution in [0.1, 0.15) is 86.1 Å². The fourth-order valence-electron chi connectivity index (χ4n) is 4.82. The number of nitrogens with two attached hydrogens (primary N) is 1. The zero-order chi connectivity index (χ0) is 35.7. The highest BCUT2D eigenvalue weighted by Crippen LogP contribution is 2.12. The number of carbonyl (C=O) groups excluding carboxylic acids is 5. The van der Waals surface area contributed by atoms with Gasteiger partial charge in [0.25, 0.3) is 0 Å². The largest absolute Gasteiger partial charge is 0.480 e. The average Bonchev–Trinajstić information content (AvgIpc) is 3.02. The van der Waals surface area contributed by atoms with E-state index in [1.54, 1.807) is 27.7 Å². The summed E-state index contributed by atoms with van der Waals surface area (Å²) in [6.45, 7) is 12.3. The number of hydrogen-bond donors (Lipinski definition) is 7. The monoisotopic (exact) mass is 660 g/mol. The molecule has 1 aromatic carbocycles. The lowest BCUT2D eigenvalue weighted by atomic mass is 9.96. The van der Waals surface area contributed by atoms with Crippen LogP contribution >= 0.6 is 0 Å². The minimum atomic E-state index is -1.19. The Labute approximate surface area is 279 Å². The summed E-state index contributed by atoms with van der Waals surface area (Å²) < 4.78 is 0. The minimum absolute atomic E-state index is 0.195. The average molecular weight is 661 g/mol. The number of nitrogens with one attached hydrogen (secondary N) is 5. The minimum Gasteiger partial charge on any atom is -0.480 e. The summed E-state index contributed by atoms with van der Waals surface area (Å²) in [6, 6.07) is 4.38. The Balaban J connectivity index is 3.03. The van der Waals surface area contributed by atoms with Crippen LogP contribution in [0.3, 0.4) is 0 Å². The smallest absolute Gasteiger partial charge is 0.326 e. The van der Waals surface area contributed by atoms with Gasteiger partial charge in [-0.25, -0.2) is 4.79 Å². The van der Waals surface area contributed by atoms with E-state index in [0.717, 1.165) is 5.56 Å². The third kappa shape index (κ3) is 14.5. The fraction of sp³-hybridized carbons (Fsp3) is 0.647. The molecule has 5 amide bonds. The number of hydrogen-bond acceptors (Lipinski definition) is 7. The van der Waals surface area contributed by atoms with Crippen LogP contribution in [0.4, 0.5) is 0 Å². The second kappa shape index (κ2) is 21.0. The quantitative estimate of drug-likeness (QED) is 0.0962. The van der Waals surface area contributed by atoms with Crippen molar-refractivity contribution in [3.63, 3.8) is 0 Å². The maximum atomic E-state index is 13.6. The highest BCUT2D eigenvalue weighted by atomic mass is 16.4. The number of carboxylic acid groups (broad SMARTS) is 1. The van der Waals surface area contributed by atoms with Crippen molar-refractivity contribution < 1.29 is 33.9 Å². The molecule has 47 heavy (non-hydrogen) atoms. The Morgan fingerprint density at radius 3 is 1.81 bits per heavy atom. The molecule has 1 unspecified atom stereocenters. The number of aliphatic carboxylic acids is 1. The maximum absolute atomic E-state index is 13.6. The first-order valence-electron chi connectivity index (χ1n) is 16.6. The molecule has 1 rings (SSSR count). The van der Waals surface area contributed by atoms with Crippen molar-refractivity contribution in [2.75, 3.05) is 6.54 Å². The molecule has 0 radical (unpaired) electrons. The number of benzene rings is 1. The first-order chi connectivity index (χ1) is 22.1. The summed E-state index contributed by atoms with van der Waals surface area (Å²) in [7, 11) is 0. The van der Waals surface area contributed by atoms with E-state index in [1.807, 2.05) is 44.2 Å². The van der Waals surface area contributed by atoms with Gasteiger partial charge in [-0.05, 0) is 62.5 Å². The Kier molecular flexibility index (Phi) is 18.3. The van der Waals surface area contributed by atoms with E-state index in [4.69, 9.17) is 5.73 Å². The van der Waals surface area contributed by atoms with Crippen molar-refractivity contribution in [2.24, 2.45) is 23.5 Å². The molecular weight excluding hydrogens is 604 g/mol. The highest BCUT2D eigenvalue weighted by Gasteiger charge is 2.33. The van der Waals surface area contributed by atoms with E-state index in [0.29, 0.717) is 32.2 Å². The lowest BCUT2D eigenvalue weighted by Crippen LogP contribution is -2.60. The van der Waals surface area contributed by atoms with Crippen LogP contribution in [-0.4, -0.2) is 77.4 Å². The predicted octanol–water partition coefficient (Wildman–Crippen LogP) is 1.63. The van der Waals surface area contributed by atoms with E-state index in [1.165, 1.54) is 6.92 Å². The lowest BCUT2D eigenvalue weighted by Gasteiger charge is -2.29. The van der Waals surface area contributed by atoms with Gasteiger partial charge in [-0.1, -0.05) is 78.3 Å². The molecule has 8 N–H and O–H groups in total. The summed E-state index contributed by atoms with van der Waals surface area (Å²) in [5, 5.41) is 22.7. The van der Waals surface area contributed by atoms with Gasteiger partial charge in [0, 0.05) is 6.42 Å². The van der Waals surface area contributed by atoms with Crippen LogP contribution in [0.25, 0.3) is 0 Å². The summed E-state index contributed by atoms with van der Waals surface area (Å²) in [4.78, 5) is 77.4. The third-order valence-electron chi connectivity index (χ3n) is 8.10. The molecule has 0 fully saturated rings. The summed E-state index contributed by atoms with van der Waals surface area (Å²) in [5.74, 6) is -4.88. The van der Waals surface area contributed by atoms with Gasteiger partial charge in [0.15, 0.2) is 0 Å². The first kappa shape index (κ1) is 41.0. The Bertz CT molecular complexity index is 1180. The molecule has 0 saturated carbocycles. The van der Waals surface area contributed by atoms with Crippen LogP contribution in [0, 0.1) is 17.8 Å². The molecule has 13 heteroatoms. The second-order valence-corrected chi connectivity index (χ2v) is 12.8. The van der Waals surface area contributed by atoms with Gasteiger partial charge < -0.3 is 37.4 Å². The van der Waals surface area contributed by atoms with Crippen LogP contribution in [0.15, 0.2) is 30.3 Å². The topological polar surface area (TPSA) is 209 Å². The molecule has 0 bridgehead atoms. The molecule has 0 aromatic heterocycles. The maximum Gasteiger partial charge on any atom is 0.326 e. The molecule has 0 aliphatic heterocycles. The lowest BCUT2D eigenvalue weighted by molar-refractivity contribution is -0.143. The molecule has 0 aliphatic carbocycles. The van der Waals surface area contributed by atoms with Gasteiger partial charge in [-0.3, -0.25) is 24.0 Å². The molecule has 0 aliphatic rings. The zero-order valence-electron chi connectivity index (χ0n) is 28.9. The SMILES string of the molecule is CC[C@@H](C)C(NC(=O)CCc1ccccc1)C(=O)N[C@@H](CCCCN)C(=O)N[C@H](C(=O)N[C@@H](C)C(=O)N[C@H](C(=O)O)C(C)C)C(C)C. The van der Waals surface area contributed by atoms with E-state index in [9.17, 15) is 33.9 Å². The summed E-state index contributed by atoms with van der Waals surface area (Å²) in [6.07, 6.45) is 2.71. The number of carboxylic acids is 1. The van der Waals surface area contributed by atoms with E-state index < -0.39 is 65.7 Å². The number of unbranched alkanes of at least 4 members (excludes halogenated alkanes) is 1. The van der Waals surface area contributed by atoms with Crippen LogP contribution in [-0.2, 0) is 35.2 Å². The summed E-state index contributed by atoms with van der Waals surface area (Å²) in [5.41, 5.74) is 6.67. The van der Waals surface area contributed by atoms with Crippen LogP contribution < -0.4 is 32.3 Å². The highest BCUT2D eigenvalue weighted by molar-refractivity contribution is 5.96. The van der Waals surface area contributed by atoms with Crippen molar-refractivity contribution in [2.45, 2.75) is 117 Å². The molecule has 0 heterocycles. The summed E-state index contributed by atoms with van der Waals surface area (Å²) >= 11 is 0. The van der Waals surface area contributed by atoms with Crippen molar-refractivity contribution in [1.29, 1.82) is 0 Å². The van der Waals surface area contributed by atoms with Gasteiger partial charge in [0.1, 0.15) is 30.2 Å². The van der Waals surface area contributed by atoms with Crippen molar-refractivity contribution >= 4 is 35.5 Å². The molecule has 1 aromatic rings. The van der Waals surface area contributed by atoms with Gasteiger partial charge in [-0.15, -0.1) is 0 Å². The van der Waals surface area contributed by atoms with E-state index >= 15 is 0 Å². The van der Waals surface area contributed by atoms with Gasteiger partial charge >= 0.3 is 5.97 Å². The van der Waals surface area contributed by atoms with Gasteiger partial charge in [0.2, 0.25) is 29.5 Å². The number of aryl methyl sites for hydroxylation is 1. The van der Waals surface area contributed by atoms with Crippen LogP contribution in [0.5, 0.6) is 0 Å². The van der Waals surface area contributed by atoms with E-state index in [-0.39, 0.29) is 30.6 Å². The van der Waals surface area contributed by atoms with Crippen LogP contribution in [0.2, 0.25) is 0 Å². The van der Waals surface area contributed by atoms with E-state index in [2.05, 4.69) is 26.6 Å². The second-order valence-electron chi connectivity index (χ2n) is 12.8. The van der Waals surface area contributed by atoms with Crippen molar-refractivity contribution in [3.8, 4) is 0 Å². The number of amides is 5. The number of carbonyl (C=O) groups is 6. The fourth-order valence-corrected chi connectivity index (χ4v) is 4.82. The van der Waals surface area contributed by atoms with Gasteiger partial charge in [0.05, 0.1) is 0 Å². The van der Waals surface area contributed by atoms with Gasteiger partial charge in [-0.2, -0.15) is 0 Å².